The van der Waals surface area contributed by atoms with Crippen LogP contribution in [0.4, 0.5) is 0 Å². The molecule has 0 saturated carbocycles. The first-order valence-corrected chi connectivity index (χ1v) is 4.82. The van der Waals surface area contributed by atoms with Crippen LogP contribution in [0.2, 0.25) is 5.15 Å². The molecule has 2 aromatic rings. The van der Waals surface area contributed by atoms with Crippen LogP contribution in [0.1, 0.15) is 16.8 Å². The highest BCUT2D eigenvalue weighted by molar-refractivity contribution is 6.35. The van der Waals surface area contributed by atoms with Gasteiger partial charge in [0.15, 0.2) is 5.78 Å². The van der Waals surface area contributed by atoms with E-state index in [9.17, 15) is 4.79 Å². The van der Waals surface area contributed by atoms with Crippen molar-refractivity contribution in [2.75, 3.05) is 6.54 Å². The summed E-state index contributed by atoms with van der Waals surface area (Å²) in [5, 5.41) is 0.847. The van der Waals surface area contributed by atoms with Crippen LogP contribution in [0.3, 0.4) is 0 Å². The summed E-state index contributed by atoms with van der Waals surface area (Å²) in [6.45, 7) is 0.316. The van der Waals surface area contributed by atoms with Crippen molar-refractivity contribution in [3.63, 3.8) is 0 Å². The first-order chi connectivity index (χ1) is 7.24. The van der Waals surface area contributed by atoms with Gasteiger partial charge in [0.2, 0.25) is 0 Å². The zero-order valence-electron chi connectivity index (χ0n) is 7.83. The van der Waals surface area contributed by atoms with Gasteiger partial charge in [0.1, 0.15) is 17.1 Å². The number of hydrogen-bond donors (Lipinski definition) is 2. The minimum atomic E-state index is -0.0551. The summed E-state index contributed by atoms with van der Waals surface area (Å²) < 4.78 is 0. The predicted octanol–water partition coefficient (Wildman–Crippen LogP) is 1.14. The molecule has 0 amide bonds. The molecule has 15 heavy (non-hydrogen) atoms. The van der Waals surface area contributed by atoms with Crippen molar-refractivity contribution in [3.05, 3.63) is 23.2 Å². The molecule has 0 atom stereocenters. The monoisotopic (exact) mass is 224 g/mol. The SMILES string of the molecule is NCCC(=O)c1c[nH]c2ncnc(Cl)c12. The Morgan fingerprint density at radius 1 is 1.53 bits per heavy atom. The normalized spacial score (nSPS) is 10.8. The highest BCUT2D eigenvalue weighted by atomic mass is 35.5. The summed E-state index contributed by atoms with van der Waals surface area (Å²) in [7, 11) is 0. The number of carbonyl (C=O) groups excluding carboxylic acids is 1. The number of nitrogens with two attached hydrogens (primary N) is 1. The van der Waals surface area contributed by atoms with Gasteiger partial charge < -0.3 is 10.7 Å². The zero-order valence-corrected chi connectivity index (χ0v) is 8.58. The number of ketones is 1. The molecule has 2 heterocycles. The lowest BCUT2D eigenvalue weighted by Crippen LogP contribution is -2.07. The van der Waals surface area contributed by atoms with E-state index in [2.05, 4.69) is 15.0 Å². The van der Waals surface area contributed by atoms with Crippen LogP contribution in [0.5, 0.6) is 0 Å². The molecule has 2 rings (SSSR count). The number of aromatic amines is 1. The van der Waals surface area contributed by atoms with E-state index in [4.69, 9.17) is 17.3 Å². The Kier molecular flexibility index (Phi) is 2.66. The highest BCUT2D eigenvalue weighted by Gasteiger charge is 2.14. The summed E-state index contributed by atoms with van der Waals surface area (Å²) >= 11 is 5.89. The standard InChI is InChI=1S/C9H9ClN4O/c10-8-7-5(6(15)1-2-11)3-12-9(7)14-4-13-8/h3-4H,1-2,11H2,(H,12,13,14). The van der Waals surface area contributed by atoms with Crippen LogP contribution in [-0.4, -0.2) is 27.3 Å². The molecule has 5 nitrogen and oxygen atoms in total. The molecule has 78 valence electrons. The van der Waals surface area contributed by atoms with Crippen LogP contribution in [0, 0.1) is 0 Å². The van der Waals surface area contributed by atoms with Crippen molar-refractivity contribution in [1.29, 1.82) is 0 Å². The van der Waals surface area contributed by atoms with E-state index in [1.807, 2.05) is 0 Å². The van der Waals surface area contributed by atoms with Crippen molar-refractivity contribution in [2.45, 2.75) is 6.42 Å². The second-order valence-electron chi connectivity index (χ2n) is 3.05. The van der Waals surface area contributed by atoms with E-state index in [0.717, 1.165) is 0 Å². The molecule has 3 N–H and O–H groups in total. The minimum Gasteiger partial charge on any atom is -0.345 e. The fourth-order valence-electron chi connectivity index (χ4n) is 1.41. The number of nitrogens with zero attached hydrogens (tertiary/aromatic N) is 2. The number of Topliss-reactive ketones (excluding diaryl/α,β-unsaturated/α-hetero) is 1. The van der Waals surface area contributed by atoms with E-state index in [1.54, 1.807) is 6.20 Å². The average molecular weight is 225 g/mol. The van der Waals surface area contributed by atoms with Gasteiger partial charge in [-0.05, 0) is 6.54 Å². The first kappa shape index (κ1) is 10.1. The topological polar surface area (TPSA) is 84.7 Å². The predicted molar refractivity (Wildman–Crippen MR) is 56.9 cm³/mol. The number of nitrogens with one attached hydrogen (secondary N) is 1. The summed E-state index contributed by atoms with van der Waals surface area (Å²) in [5.41, 5.74) is 6.39. The van der Waals surface area contributed by atoms with Gasteiger partial charge in [-0.3, -0.25) is 4.79 Å². The van der Waals surface area contributed by atoms with Crippen LogP contribution in [-0.2, 0) is 0 Å². The lowest BCUT2D eigenvalue weighted by molar-refractivity contribution is 0.0987. The smallest absolute Gasteiger partial charge is 0.166 e. The summed E-state index contributed by atoms with van der Waals surface area (Å²) in [5.74, 6) is -0.0551. The zero-order chi connectivity index (χ0) is 10.8. The average Bonchev–Trinajstić information content (AvgIpc) is 2.63. The van der Waals surface area contributed by atoms with Crippen molar-refractivity contribution in [2.24, 2.45) is 5.73 Å². The Bertz CT molecular complexity index is 508. The lowest BCUT2D eigenvalue weighted by atomic mass is 10.1. The van der Waals surface area contributed by atoms with Gasteiger partial charge in [0.05, 0.1) is 5.39 Å². The number of hydrogen-bond acceptors (Lipinski definition) is 4. The van der Waals surface area contributed by atoms with Crippen molar-refractivity contribution in [1.82, 2.24) is 15.0 Å². The molecule has 0 unspecified atom stereocenters. The summed E-state index contributed by atoms with van der Waals surface area (Å²) in [6.07, 6.45) is 3.22. The summed E-state index contributed by atoms with van der Waals surface area (Å²) in [6, 6.07) is 0. The Balaban J connectivity index is 2.57. The molecular formula is C9H9ClN4O. The van der Waals surface area contributed by atoms with E-state index >= 15 is 0 Å². The second-order valence-corrected chi connectivity index (χ2v) is 3.41. The molecule has 0 aliphatic heterocycles. The Labute approximate surface area is 90.7 Å². The number of H-pyrrole nitrogens is 1. The van der Waals surface area contributed by atoms with Gasteiger partial charge in [-0.2, -0.15) is 0 Å². The van der Waals surface area contributed by atoms with Crippen molar-refractivity contribution >= 4 is 28.4 Å². The maximum Gasteiger partial charge on any atom is 0.166 e. The molecule has 0 aliphatic carbocycles. The minimum absolute atomic E-state index is 0.0551. The van der Waals surface area contributed by atoms with Crippen LogP contribution >= 0.6 is 11.6 Å². The van der Waals surface area contributed by atoms with Gasteiger partial charge >= 0.3 is 0 Å². The number of fused-ring (bicyclic) bond motifs is 1. The largest absolute Gasteiger partial charge is 0.345 e. The van der Waals surface area contributed by atoms with Gasteiger partial charge in [0, 0.05) is 18.2 Å². The summed E-state index contributed by atoms with van der Waals surface area (Å²) in [4.78, 5) is 22.3. The Morgan fingerprint density at radius 3 is 3.07 bits per heavy atom. The van der Waals surface area contributed by atoms with E-state index in [-0.39, 0.29) is 17.4 Å². The third-order valence-electron chi connectivity index (χ3n) is 2.10. The molecule has 2 aromatic heterocycles. The molecule has 0 saturated heterocycles. The molecule has 0 spiro atoms. The Morgan fingerprint density at radius 2 is 2.33 bits per heavy atom. The van der Waals surface area contributed by atoms with E-state index in [1.165, 1.54) is 6.33 Å². The van der Waals surface area contributed by atoms with Gasteiger partial charge in [0.25, 0.3) is 0 Å². The quantitative estimate of drug-likeness (QED) is 0.605. The van der Waals surface area contributed by atoms with E-state index < -0.39 is 0 Å². The fraction of sp³-hybridized carbons (Fsp3) is 0.222. The van der Waals surface area contributed by atoms with Crippen molar-refractivity contribution in [3.8, 4) is 0 Å². The highest BCUT2D eigenvalue weighted by Crippen LogP contribution is 2.23. The third kappa shape index (κ3) is 1.71. The van der Waals surface area contributed by atoms with Gasteiger partial charge in [-0.25, -0.2) is 9.97 Å². The van der Waals surface area contributed by atoms with Gasteiger partial charge in [-0.15, -0.1) is 0 Å². The van der Waals surface area contributed by atoms with Crippen LogP contribution in [0.25, 0.3) is 11.0 Å². The number of carbonyl (C=O) groups is 1. The third-order valence-corrected chi connectivity index (χ3v) is 2.38. The van der Waals surface area contributed by atoms with Crippen LogP contribution < -0.4 is 5.73 Å². The molecule has 0 radical (unpaired) electrons. The maximum atomic E-state index is 11.7. The molecule has 0 aliphatic rings. The molecule has 6 heteroatoms. The second kappa shape index (κ2) is 3.96. The number of halogens is 1. The van der Waals surface area contributed by atoms with Gasteiger partial charge in [-0.1, -0.05) is 11.6 Å². The van der Waals surface area contributed by atoms with E-state index in [0.29, 0.717) is 23.1 Å². The number of rotatable bonds is 3. The molecule has 0 aromatic carbocycles. The lowest BCUT2D eigenvalue weighted by Gasteiger charge is -1.97. The van der Waals surface area contributed by atoms with Crippen LogP contribution in [0.15, 0.2) is 12.5 Å². The molecule has 0 fully saturated rings. The maximum absolute atomic E-state index is 11.7. The molecular weight excluding hydrogens is 216 g/mol. The fourth-order valence-corrected chi connectivity index (χ4v) is 1.65. The Hall–Kier alpha value is -1.46. The molecule has 0 bridgehead atoms. The first-order valence-electron chi connectivity index (χ1n) is 4.45. The number of aromatic nitrogens is 3. The van der Waals surface area contributed by atoms with Crippen molar-refractivity contribution < 1.29 is 4.79 Å².